The summed E-state index contributed by atoms with van der Waals surface area (Å²) in [5, 5.41) is 9.04. The monoisotopic (exact) mass is 243 g/mol. The molecule has 5 heteroatoms. The lowest BCUT2D eigenvalue weighted by atomic mass is 10.0. The van der Waals surface area contributed by atoms with E-state index in [9.17, 15) is 9.59 Å². The van der Waals surface area contributed by atoms with Crippen LogP contribution in [0, 0.1) is 0 Å². The minimum absolute atomic E-state index is 0.104. The van der Waals surface area contributed by atoms with E-state index in [-0.39, 0.29) is 12.3 Å². The standard InChI is InChI=1S/C12H21NO4/c1-2-8-17-9-6-11(14)13-7-4-3-5-10(13)12(15)16/h10H,2-9H2,1H3,(H,15,16)/t10-/m0/s1. The van der Waals surface area contributed by atoms with E-state index in [4.69, 9.17) is 9.84 Å². The van der Waals surface area contributed by atoms with Gasteiger partial charge in [-0.3, -0.25) is 4.79 Å². The van der Waals surface area contributed by atoms with Gasteiger partial charge in [-0.15, -0.1) is 0 Å². The molecule has 0 aliphatic carbocycles. The summed E-state index contributed by atoms with van der Waals surface area (Å²) in [5.74, 6) is -0.999. The molecule has 1 N–H and O–H groups in total. The number of piperidine rings is 1. The molecule has 1 aliphatic heterocycles. The minimum Gasteiger partial charge on any atom is -0.480 e. The van der Waals surface area contributed by atoms with Crippen molar-refractivity contribution in [3.8, 4) is 0 Å². The zero-order valence-electron chi connectivity index (χ0n) is 10.4. The molecule has 5 nitrogen and oxygen atoms in total. The van der Waals surface area contributed by atoms with Crippen LogP contribution in [0.15, 0.2) is 0 Å². The van der Waals surface area contributed by atoms with Gasteiger partial charge in [0.1, 0.15) is 6.04 Å². The molecule has 1 aliphatic rings. The van der Waals surface area contributed by atoms with Crippen molar-refractivity contribution in [2.75, 3.05) is 19.8 Å². The number of carboxylic acid groups (broad SMARTS) is 1. The van der Waals surface area contributed by atoms with E-state index in [1.165, 1.54) is 4.90 Å². The number of nitrogens with zero attached hydrogens (tertiary/aromatic N) is 1. The molecule has 0 aromatic rings. The maximum atomic E-state index is 11.9. The SMILES string of the molecule is CCCOCCC(=O)N1CCCC[C@H]1C(=O)O. The summed E-state index contributed by atoms with van der Waals surface area (Å²) in [6.45, 7) is 3.60. The molecule has 0 radical (unpaired) electrons. The van der Waals surface area contributed by atoms with Gasteiger partial charge in [-0.05, 0) is 25.7 Å². The minimum atomic E-state index is -0.896. The summed E-state index contributed by atoms with van der Waals surface area (Å²) in [6.07, 6.45) is 3.55. The largest absolute Gasteiger partial charge is 0.480 e. The van der Waals surface area contributed by atoms with Crippen molar-refractivity contribution >= 4 is 11.9 Å². The van der Waals surface area contributed by atoms with Crippen LogP contribution in [-0.2, 0) is 14.3 Å². The highest BCUT2D eigenvalue weighted by Crippen LogP contribution is 2.18. The summed E-state index contributed by atoms with van der Waals surface area (Å²) in [7, 11) is 0. The first-order chi connectivity index (χ1) is 8.16. The van der Waals surface area contributed by atoms with Gasteiger partial charge in [-0.25, -0.2) is 4.79 Å². The molecule has 0 bridgehead atoms. The van der Waals surface area contributed by atoms with Crippen molar-refractivity contribution in [1.82, 2.24) is 4.90 Å². The highest BCUT2D eigenvalue weighted by Gasteiger charge is 2.31. The summed E-state index contributed by atoms with van der Waals surface area (Å²) >= 11 is 0. The third-order valence-corrected chi connectivity index (χ3v) is 2.92. The molecule has 0 aromatic carbocycles. The molecule has 0 saturated carbocycles. The maximum absolute atomic E-state index is 11.9. The van der Waals surface area contributed by atoms with E-state index in [2.05, 4.69) is 0 Å². The number of carboxylic acids is 1. The fourth-order valence-electron chi connectivity index (χ4n) is 2.04. The zero-order chi connectivity index (χ0) is 12.7. The number of hydrogen-bond donors (Lipinski definition) is 1. The van der Waals surface area contributed by atoms with Gasteiger partial charge < -0.3 is 14.7 Å². The van der Waals surface area contributed by atoms with E-state index < -0.39 is 12.0 Å². The number of aliphatic carboxylic acids is 1. The lowest BCUT2D eigenvalue weighted by Gasteiger charge is -2.33. The van der Waals surface area contributed by atoms with E-state index in [1.807, 2.05) is 6.92 Å². The number of carbonyl (C=O) groups is 2. The number of hydrogen-bond acceptors (Lipinski definition) is 3. The first-order valence-electron chi connectivity index (χ1n) is 6.26. The lowest BCUT2D eigenvalue weighted by molar-refractivity contribution is -0.152. The molecule has 0 aromatic heterocycles. The van der Waals surface area contributed by atoms with Crippen LogP contribution < -0.4 is 0 Å². The van der Waals surface area contributed by atoms with Gasteiger partial charge in [-0.1, -0.05) is 6.92 Å². The number of likely N-dealkylation sites (tertiary alicyclic amines) is 1. The first kappa shape index (κ1) is 14.0. The topological polar surface area (TPSA) is 66.8 Å². The number of amides is 1. The summed E-state index contributed by atoms with van der Waals surface area (Å²) in [5.41, 5.74) is 0. The Balaban J connectivity index is 2.39. The van der Waals surface area contributed by atoms with Crippen molar-refractivity contribution in [2.45, 2.75) is 45.1 Å². The number of ether oxygens (including phenoxy) is 1. The summed E-state index contributed by atoms with van der Waals surface area (Å²) in [4.78, 5) is 24.4. The molecule has 1 amide bonds. The quantitative estimate of drug-likeness (QED) is 0.713. The molecule has 0 unspecified atom stereocenters. The van der Waals surface area contributed by atoms with E-state index >= 15 is 0 Å². The Hall–Kier alpha value is -1.10. The van der Waals surface area contributed by atoms with Gasteiger partial charge >= 0.3 is 5.97 Å². The van der Waals surface area contributed by atoms with Gasteiger partial charge in [0.2, 0.25) is 5.91 Å². The number of rotatable bonds is 6. The van der Waals surface area contributed by atoms with Gasteiger partial charge in [0, 0.05) is 13.2 Å². The van der Waals surface area contributed by atoms with E-state index in [0.29, 0.717) is 26.2 Å². The molecular formula is C12H21NO4. The second kappa shape index (κ2) is 7.27. The Bertz CT molecular complexity index is 267. The average molecular weight is 243 g/mol. The predicted molar refractivity (Wildman–Crippen MR) is 62.7 cm³/mol. The van der Waals surface area contributed by atoms with Gasteiger partial charge in [0.25, 0.3) is 0 Å². The Morgan fingerprint density at radius 3 is 2.76 bits per heavy atom. The van der Waals surface area contributed by atoms with Crippen LogP contribution in [0.4, 0.5) is 0 Å². The van der Waals surface area contributed by atoms with Crippen LogP contribution in [-0.4, -0.2) is 47.7 Å². The molecule has 1 atom stereocenters. The van der Waals surface area contributed by atoms with E-state index in [1.54, 1.807) is 0 Å². The van der Waals surface area contributed by atoms with Crippen LogP contribution >= 0.6 is 0 Å². The molecule has 98 valence electrons. The molecule has 1 heterocycles. The van der Waals surface area contributed by atoms with Crippen molar-refractivity contribution in [3.05, 3.63) is 0 Å². The van der Waals surface area contributed by atoms with Gasteiger partial charge in [-0.2, -0.15) is 0 Å². The van der Waals surface area contributed by atoms with Crippen LogP contribution in [0.3, 0.4) is 0 Å². The van der Waals surface area contributed by atoms with Crippen LogP contribution in [0.1, 0.15) is 39.0 Å². The normalized spacial score (nSPS) is 20.3. The second-order valence-corrected chi connectivity index (χ2v) is 4.30. The Labute approximate surface area is 102 Å². The second-order valence-electron chi connectivity index (χ2n) is 4.30. The third-order valence-electron chi connectivity index (χ3n) is 2.92. The Kier molecular flexibility index (Phi) is 5.97. The molecule has 1 rings (SSSR count). The van der Waals surface area contributed by atoms with Crippen LogP contribution in [0.5, 0.6) is 0 Å². The predicted octanol–water partition coefficient (Wildman–Crippen LogP) is 1.27. The maximum Gasteiger partial charge on any atom is 0.326 e. The Morgan fingerprint density at radius 1 is 1.35 bits per heavy atom. The summed E-state index contributed by atoms with van der Waals surface area (Å²) in [6, 6.07) is -0.637. The molecule has 1 saturated heterocycles. The molecular weight excluding hydrogens is 222 g/mol. The van der Waals surface area contributed by atoms with Crippen molar-refractivity contribution in [2.24, 2.45) is 0 Å². The average Bonchev–Trinajstić information content (AvgIpc) is 2.34. The fraction of sp³-hybridized carbons (Fsp3) is 0.833. The van der Waals surface area contributed by atoms with Gasteiger partial charge in [0.15, 0.2) is 0 Å². The highest BCUT2D eigenvalue weighted by atomic mass is 16.5. The summed E-state index contributed by atoms with van der Waals surface area (Å²) < 4.78 is 5.25. The smallest absolute Gasteiger partial charge is 0.326 e. The first-order valence-corrected chi connectivity index (χ1v) is 6.26. The van der Waals surface area contributed by atoms with Crippen molar-refractivity contribution in [3.63, 3.8) is 0 Å². The zero-order valence-corrected chi connectivity index (χ0v) is 10.4. The number of carbonyl (C=O) groups excluding carboxylic acids is 1. The fourth-order valence-corrected chi connectivity index (χ4v) is 2.04. The van der Waals surface area contributed by atoms with Crippen LogP contribution in [0.2, 0.25) is 0 Å². The highest BCUT2D eigenvalue weighted by molar-refractivity contribution is 5.83. The van der Waals surface area contributed by atoms with Gasteiger partial charge in [0.05, 0.1) is 13.0 Å². The van der Waals surface area contributed by atoms with Crippen molar-refractivity contribution < 1.29 is 19.4 Å². The molecule has 17 heavy (non-hydrogen) atoms. The van der Waals surface area contributed by atoms with Crippen LogP contribution in [0.25, 0.3) is 0 Å². The molecule has 0 spiro atoms. The Morgan fingerprint density at radius 2 is 2.12 bits per heavy atom. The molecule has 1 fully saturated rings. The van der Waals surface area contributed by atoms with E-state index in [0.717, 1.165) is 19.3 Å². The third kappa shape index (κ3) is 4.34. The lowest BCUT2D eigenvalue weighted by Crippen LogP contribution is -2.48. The van der Waals surface area contributed by atoms with Crippen molar-refractivity contribution in [1.29, 1.82) is 0 Å².